The molecule has 0 aromatic carbocycles. The molecular formula is C19H34N2O. The molecule has 3 heteroatoms. The first kappa shape index (κ1) is 17.7. The van der Waals surface area contributed by atoms with Crippen LogP contribution in [0.25, 0.3) is 0 Å². The van der Waals surface area contributed by atoms with Crippen molar-refractivity contribution >= 4 is 0 Å². The lowest BCUT2D eigenvalue weighted by Gasteiger charge is -2.39. The van der Waals surface area contributed by atoms with E-state index in [0.29, 0.717) is 11.8 Å². The molecule has 1 aliphatic carbocycles. The Labute approximate surface area is 136 Å². The van der Waals surface area contributed by atoms with Gasteiger partial charge in [-0.3, -0.25) is 4.90 Å². The molecule has 0 radical (unpaired) electrons. The van der Waals surface area contributed by atoms with E-state index in [0.717, 1.165) is 38.3 Å². The summed E-state index contributed by atoms with van der Waals surface area (Å²) in [6.45, 7) is 8.43. The highest BCUT2D eigenvalue weighted by molar-refractivity contribution is 5.26. The van der Waals surface area contributed by atoms with Crippen molar-refractivity contribution in [3.05, 3.63) is 23.8 Å². The predicted molar refractivity (Wildman–Crippen MR) is 93.4 cm³/mol. The molecule has 2 unspecified atom stereocenters. The van der Waals surface area contributed by atoms with Crippen LogP contribution in [0.15, 0.2) is 23.8 Å². The molecule has 22 heavy (non-hydrogen) atoms. The van der Waals surface area contributed by atoms with Crippen molar-refractivity contribution in [2.24, 2.45) is 23.5 Å². The third-order valence-electron chi connectivity index (χ3n) is 5.76. The molecule has 1 heterocycles. The molecule has 0 saturated carbocycles. The fraction of sp³-hybridized carbons (Fsp3) is 0.789. The Morgan fingerprint density at radius 1 is 1.32 bits per heavy atom. The lowest BCUT2D eigenvalue weighted by Crippen LogP contribution is -2.53. The second kappa shape index (κ2) is 8.28. The summed E-state index contributed by atoms with van der Waals surface area (Å²) in [5.74, 6) is 1.76. The van der Waals surface area contributed by atoms with Gasteiger partial charge >= 0.3 is 0 Å². The monoisotopic (exact) mass is 306 g/mol. The van der Waals surface area contributed by atoms with E-state index in [1.807, 2.05) is 0 Å². The van der Waals surface area contributed by atoms with Gasteiger partial charge < -0.3 is 10.8 Å². The molecule has 3 nitrogen and oxygen atoms in total. The van der Waals surface area contributed by atoms with Crippen LogP contribution in [-0.4, -0.2) is 35.4 Å². The van der Waals surface area contributed by atoms with Crippen LogP contribution in [-0.2, 0) is 0 Å². The van der Waals surface area contributed by atoms with Gasteiger partial charge in [0.2, 0.25) is 0 Å². The van der Waals surface area contributed by atoms with Crippen molar-refractivity contribution < 1.29 is 5.11 Å². The minimum Gasteiger partial charge on any atom is -0.377 e. The van der Waals surface area contributed by atoms with Crippen LogP contribution in [0.5, 0.6) is 0 Å². The summed E-state index contributed by atoms with van der Waals surface area (Å²) in [5.41, 5.74) is 7.71. The third kappa shape index (κ3) is 4.21. The van der Waals surface area contributed by atoms with E-state index in [1.54, 1.807) is 0 Å². The van der Waals surface area contributed by atoms with Crippen molar-refractivity contribution in [3.8, 4) is 0 Å². The summed E-state index contributed by atoms with van der Waals surface area (Å²) in [5, 5.41) is 10.5. The van der Waals surface area contributed by atoms with Crippen LogP contribution >= 0.6 is 0 Å². The Morgan fingerprint density at radius 3 is 2.50 bits per heavy atom. The van der Waals surface area contributed by atoms with Gasteiger partial charge in [0.05, 0.1) is 0 Å². The number of nitrogens with two attached hydrogens (primary N) is 1. The van der Waals surface area contributed by atoms with Crippen molar-refractivity contribution in [2.75, 3.05) is 13.1 Å². The molecule has 0 amide bonds. The predicted octanol–water partition coefficient (Wildman–Crippen LogP) is 3.30. The second-order valence-corrected chi connectivity index (χ2v) is 7.15. The topological polar surface area (TPSA) is 49.5 Å². The van der Waals surface area contributed by atoms with E-state index in [4.69, 9.17) is 5.73 Å². The molecule has 2 rings (SSSR count). The minimum absolute atomic E-state index is 0.138. The van der Waals surface area contributed by atoms with Gasteiger partial charge in [-0.15, -0.1) is 0 Å². The van der Waals surface area contributed by atoms with E-state index in [2.05, 4.69) is 43.9 Å². The Kier molecular flexibility index (Phi) is 6.66. The largest absolute Gasteiger partial charge is 0.377 e. The van der Waals surface area contributed by atoms with Crippen LogP contribution < -0.4 is 5.73 Å². The van der Waals surface area contributed by atoms with Crippen LogP contribution in [0.2, 0.25) is 0 Å². The van der Waals surface area contributed by atoms with Crippen molar-refractivity contribution in [2.45, 2.75) is 65.1 Å². The fourth-order valence-electron chi connectivity index (χ4n) is 3.59. The smallest absolute Gasteiger partial charge is 0.122 e. The quantitative estimate of drug-likeness (QED) is 0.791. The van der Waals surface area contributed by atoms with Gasteiger partial charge in [0.15, 0.2) is 0 Å². The first-order valence-corrected chi connectivity index (χ1v) is 9.12. The number of rotatable bonds is 6. The number of aliphatic hydroxyl groups is 1. The molecule has 1 fully saturated rings. The van der Waals surface area contributed by atoms with E-state index in [-0.39, 0.29) is 6.04 Å². The minimum atomic E-state index is -0.490. The first-order chi connectivity index (χ1) is 10.6. The maximum Gasteiger partial charge on any atom is 0.122 e. The highest BCUT2D eigenvalue weighted by Crippen LogP contribution is 2.31. The van der Waals surface area contributed by atoms with Crippen molar-refractivity contribution in [3.63, 3.8) is 0 Å². The van der Waals surface area contributed by atoms with Gasteiger partial charge in [0.25, 0.3) is 0 Å². The summed E-state index contributed by atoms with van der Waals surface area (Å²) in [7, 11) is 0. The van der Waals surface area contributed by atoms with Gasteiger partial charge in [0.1, 0.15) is 6.23 Å². The lowest BCUT2D eigenvalue weighted by atomic mass is 9.83. The molecule has 4 atom stereocenters. The highest BCUT2D eigenvalue weighted by atomic mass is 16.3. The summed E-state index contributed by atoms with van der Waals surface area (Å²) in [6, 6.07) is -0.138. The number of aliphatic hydroxyl groups excluding tert-OH is 1. The SMILES string of the molecule is CCC1C=CC(C2CCN(C(O)[C@H](N)[C@H](C)CC)CC2)=CC1. The van der Waals surface area contributed by atoms with Crippen molar-refractivity contribution in [1.29, 1.82) is 0 Å². The van der Waals surface area contributed by atoms with E-state index in [9.17, 15) is 5.11 Å². The molecule has 0 bridgehead atoms. The molecule has 0 aromatic rings. The second-order valence-electron chi connectivity index (χ2n) is 7.15. The fourth-order valence-corrected chi connectivity index (χ4v) is 3.59. The van der Waals surface area contributed by atoms with E-state index in [1.165, 1.54) is 18.4 Å². The summed E-state index contributed by atoms with van der Waals surface area (Å²) >= 11 is 0. The van der Waals surface area contributed by atoms with Gasteiger partial charge in [-0.25, -0.2) is 0 Å². The maximum atomic E-state index is 10.5. The number of hydrogen-bond acceptors (Lipinski definition) is 3. The Balaban J connectivity index is 1.83. The average molecular weight is 306 g/mol. The first-order valence-electron chi connectivity index (χ1n) is 9.12. The Morgan fingerprint density at radius 2 is 2.00 bits per heavy atom. The summed E-state index contributed by atoms with van der Waals surface area (Å²) in [6.07, 6.45) is 12.4. The van der Waals surface area contributed by atoms with Gasteiger partial charge in [-0.2, -0.15) is 0 Å². The zero-order valence-electron chi connectivity index (χ0n) is 14.5. The van der Waals surface area contributed by atoms with Crippen LogP contribution in [0.4, 0.5) is 0 Å². The van der Waals surface area contributed by atoms with Crippen LogP contribution in [0, 0.1) is 17.8 Å². The molecular weight excluding hydrogens is 272 g/mol. The molecule has 0 aromatic heterocycles. The van der Waals surface area contributed by atoms with Crippen LogP contribution in [0.1, 0.15) is 52.9 Å². The normalized spacial score (nSPS) is 28.2. The Bertz CT molecular complexity index is 396. The molecule has 1 saturated heterocycles. The number of piperidine rings is 1. The van der Waals surface area contributed by atoms with Crippen LogP contribution in [0.3, 0.4) is 0 Å². The number of nitrogens with zero attached hydrogens (tertiary/aromatic N) is 1. The summed E-state index contributed by atoms with van der Waals surface area (Å²) < 4.78 is 0. The molecule has 1 aliphatic heterocycles. The third-order valence-corrected chi connectivity index (χ3v) is 5.76. The summed E-state index contributed by atoms with van der Waals surface area (Å²) in [4.78, 5) is 2.18. The highest BCUT2D eigenvalue weighted by Gasteiger charge is 2.30. The van der Waals surface area contributed by atoms with E-state index < -0.39 is 6.23 Å². The maximum absolute atomic E-state index is 10.5. The number of hydrogen-bond donors (Lipinski definition) is 2. The lowest BCUT2D eigenvalue weighted by molar-refractivity contribution is -0.0415. The number of allylic oxidation sites excluding steroid dienone is 4. The van der Waals surface area contributed by atoms with Crippen molar-refractivity contribution in [1.82, 2.24) is 4.90 Å². The van der Waals surface area contributed by atoms with Gasteiger partial charge in [-0.05, 0) is 49.0 Å². The average Bonchev–Trinajstić information content (AvgIpc) is 2.60. The zero-order valence-corrected chi connectivity index (χ0v) is 14.5. The molecule has 3 N–H and O–H groups in total. The molecule has 2 aliphatic rings. The van der Waals surface area contributed by atoms with Gasteiger partial charge in [-0.1, -0.05) is 45.4 Å². The van der Waals surface area contributed by atoms with E-state index >= 15 is 0 Å². The number of likely N-dealkylation sites (tertiary alicyclic amines) is 1. The molecule has 0 spiro atoms. The molecule has 126 valence electrons. The standard InChI is InChI=1S/C19H34N2O/c1-4-14(3)18(20)19(22)21-12-10-17(11-13-21)16-8-6-15(5-2)7-9-16/h6,8-9,14-15,17-19,22H,4-5,7,10-13,20H2,1-3H3/t14-,15?,18-,19?/m1/s1. The van der Waals surface area contributed by atoms with Gasteiger partial charge in [0, 0.05) is 19.1 Å². The zero-order chi connectivity index (χ0) is 16.1. The Hall–Kier alpha value is -0.640.